The first kappa shape index (κ1) is 18.8. The average Bonchev–Trinajstić information content (AvgIpc) is 2.79. The maximum Gasteiger partial charge on any atom is 0.254 e. The molecule has 0 aromatic carbocycles. The summed E-state index contributed by atoms with van der Waals surface area (Å²) in [6.45, 7) is 3.53. The molecule has 26 heavy (non-hydrogen) atoms. The third kappa shape index (κ3) is 4.82. The molecule has 3 rings (SSSR count). The lowest BCUT2D eigenvalue weighted by atomic mass is 9.93. The predicted molar refractivity (Wildman–Crippen MR) is 99.1 cm³/mol. The summed E-state index contributed by atoms with van der Waals surface area (Å²) >= 11 is 0. The quantitative estimate of drug-likeness (QED) is 0.587. The molecule has 0 radical (unpaired) electrons. The molecule has 0 bridgehead atoms. The second-order valence-corrected chi connectivity index (χ2v) is 7.63. The normalized spacial score (nSPS) is 25.9. The molecule has 2 fully saturated rings. The molecule has 1 amide bonds. The molecule has 0 unspecified atom stereocenters. The number of anilines is 2. The lowest BCUT2D eigenvalue weighted by Crippen LogP contribution is -2.41. The Bertz CT molecular complexity index is 633. The minimum atomic E-state index is -0.564. The van der Waals surface area contributed by atoms with Gasteiger partial charge >= 0.3 is 0 Å². The highest BCUT2D eigenvalue weighted by Gasteiger charge is 2.28. The van der Waals surface area contributed by atoms with Gasteiger partial charge in [-0.15, -0.1) is 0 Å². The van der Waals surface area contributed by atoms with E-state index in [2.05, 4.69) is 27.5 Å². The molecule has 1 aromatic heterocycles. The van der Waals surface area contributed by atoms with E-state index in [1.807, 2.05) is 0 Å². The maximum absolute atomic E-state index is 11.8. The summed E-state index contributed by atoms with van der Waals surface area (Å²) in [6.07, 6.45) is 7.31. The molecule has 1 saturated heterocycles. The number of hydrogen-bond donors (Lipinski definition) is 4. The lowest BCUT2D eigenvalue weighted by molar-refractivity contribution is 0.0656. The number of nitrogens with zero attached hydrogens (tertiary/aromatic N) is 2. The Kier molecular flexibility index (Phi) is 5.93. The van der Waals surface area contributed by atoms with Crippen molar-refractivity contribution in [3.05, 3.63) is 11.8 Å². The number of aromatic nitrogens is 2. The van der Waals surface area contributed by atoms with Gasteiger partial charge in [-0.25, -0.2) is 4.98 Å². The fourth-order valence-corrected chi connectivity index (χ4v) is 3.61. The maximum atomic E-state index is 11.8. The van der Waals surface area contributed by atoms with Crippen molar-refractivity contribution >= 4 is 17.7 Å². The fraction of sp³-hybridized carbons (Fsp3) is 0.722. The lowest BCUT2D eigenvalue weighted by Gasteiger charge is -2.34. The van der Waals surface area contributed by atoms with Crippen LogP contribution in [0.3, 0.4) is 0 Å². The molecule has 144 valence electrons. The molecule has 1 aliphatic heterocycles. The highest BCUT2D eigenvalue weighted by atomic mass is 16.5. The SMILES string of the molecule is CC1(Nc2ncc(C(N)=O)c(N[C@@H]3CCCC[C@H](O)C3)n2)CCOCC1. The molecule has 1 aromatic rings. The topological polar surface area (TPSA) is 122 Å². The van der Waals surface area contributed by atoms with E-state index in [4.69, 9.17) is 10.5 Å². The smallest absolute Gasteiger partial charge is 0.254 e. The molecule has 2 aliphatic rings. The number of carbonyl (C=O) groups excluding carboxylic acids is 1. The van der Waals surface area contributed by atoms with Gasteiger partial charge in [0.05, 0.1) is 11.7 Å². The standard InChI is InChI=1S/C18H29N5O3/c1-18(6-8-26-9-7-18)23-17-20-11-14(15(19)25)16(22-17)21-12-4-2-3-5-13(24)10-12/h11-13,24H,2-10H2,1H3,(H2,19,25)(H2,20,21,22,23)/t12-,13+/m1/s1. The van der Waals surface area contributed by atoms with E-state index in [1.54, 1.807) is 0 Å². The van der Waals surface area contributed by atoms with Crippen LogP contribution in [0.4, 0.5) is 11.8 Å². The number of ether oxygens (including phenoxy) is 1. The summed E-state index contributed by atoms with van der Waals surface area (Å²) in [5, 5.41) is 16.7. The number of nitrogens with one attached hydrogen (secondary N) is 2. The number of nitrogens with two attached hydrogens (primary N) is 1. The number of primary amides is 1. The Balaban J connectivity index is 1.78. The second kappa shape index (κ2) is 8.18. The van der Waals surface area contributed by atoms with E-state index in [-0.39, 0.29) is 23.2 Å². The van der Waals surface area contributed by atoms with E-state index in [0.717, 1.165) is 38.5 Å². The van der Waals surface area contributed by atoms with Crippen LogP contribution in [0.15, 0.2) is 6.20 Å². The summed E-state index contributed by atoms with van der Waals surface area (Å²) in [7, 11) is 0. The van der Waals surface area contributed by atoms with Gasteiger partial charge in [0, 0.05) is 31.0 Å². The predicted octanol–water partition coefficient (Wildman–Crippen LogP) is 1.66. The zero-order chi connectivity index (χ0) is 18.6. The molecule has 1 saturated carbocycles. The van der Waals surface area contributed by atoms with Crippen molar-refractivity contribution < 1.29 is 14.6 Å². The Morgan fingerprint density at radius 3 is 2.81 bits per heavy atom. The van der Waals surface area contributed by atoms with E-state index in [1.165, 1.54) is 6.20 Å². The van der Waals surface area contributed by atoms with Gasteiger partial charge in [0.25, 0.3) is 5.91 Å². The molecule has 8 heteroatoms. The number of carbonyl (C=O) groups is 1. The molecule has 0 spiro atoms. The minimum absolute atomic E-state index is 0.0621. The van der Waals surface area contributed by atoms with Gasteiger partial charge in [-0.1, -0.05) is 12.8 Å². The van der Waals surface area contributed by atoms with E-state index in [0.29, 0.717) is 31.4 Å². The molecular weight excluding hydrogens is 334 g/mol. The van der Waals surface area contributed by atoms with Crippen LogP contribution in [-0.2, 0) is 4.74 Å². The van der Waals surface area contributed by atoms with Gasteiger partial charge in [0.15, 0.2) is 0 Å². The Morgan fingerprint density at radius 1 is 1.35 bits per heavy atom. The van der Waals surface area contributed by atoms with Crippen LogP contribution < -0.4 is 16.4 Å². The minimum Gasteiger partial charge on any atom is -0.393 e. The largest absolute Gasteiger partial charge is 0.393 e. The average molecular weight is 363 g/mol. The Labute approximate surface area is 153 Å². The van der Waals surface area contributed by atoms with Gasteiger partial charge in [0.2, 0.25) is 5.95 Å². The van der Waals surface area contributed by atoms with Crippen molar-refractivity contribution in [2.45, 2.75) is 69.6 Å². The van der Waals surface area contributed by atoms with Crippen molar-refractivity contribution in [3.8, 4) is 0 Å². The van der Waals surface area contributed by atoms with Gasteiger partial charge in [-0.2, -0.15) is 4.98 Å². The van der Waals surface area contributed by atoms with Gasteiger partial charge in [0.1, 0.15) is 5.82 Å². The molecule has 2 heterocycles. The van der Waals surface area contributed by atoms with Crippen LogP contribution in [0.1, 0.15) is 62.2 Å². The Hall–Kier alpha value is -1.93. The monoisotopic (exact) mass is 363 g/mol. The number of aliphatic hydroxyl groups excluding tert-OH is 1. The number of aliphatic hydroxyl groups is 1. The van der Waals surface area contributed by atoms with Gasteiger partial charge < -0.3 is 26.2 Å². The van der Waals surface area contributed by atoms with Crippen molar-refractivity contribution in [1.29, 1.82) is 0 Å². The first-order chi connectivity index (χ1) is 12.5. The number of amides is 1. The van der Waals surface area contributed by atoms with Crippen molar-refractivity contribution in [3.63, 3.8) is 0 Å². The summed E-state index contributed by atoms with van der Waals surface area (Å²) in [6, 6.07) is 0.0621. The zero-order valence-electron chi connectivity index (χ0n) is 15.3. The van der Waals surface area contributed by atoms with Crippen LogP contribution in [0.25, 0.3) is 0 Å². The van der Waals surface area contributed by atoms with E-state index < -0.39 is 5.91 Å². The zero-order valence-corrected chi connectivity index (χ0v) is 15.3. The van der Waals surface area contributed by atoms with Gasteiger partial charge in [-0.3, -0.25) is 4.79 Å². The summed E-state index contributed by atoms with van der Waals surface area (Å²) in [4.78, 5) is 20.6. The third-order valence-electron chi connectivity index (χ3n) is 5.30. The van der Waals surface area contributed by atoms with Crippen molar-refractivity contribution in [2.24, 2.45) is 5.73 Å². The highest BCUT2D eigenvalue weighted by molar-refractivity contribution is 5.97. The van der Waals surface area contributed by atoms with Gasteiger partial charge in [-0.05, 0) is 39.0 Å². The second-order valence-electron chi connectivity index (χ2n) is 7.63. The van der Waals surface area contributed by atoms with Crippen LogP contribution in [0, 0.1) is 0 Å². The first-order valence-corrected chi connectivity index (χ1v) is 9.42. The fourth-order valence-electron chi connectivity index (χ4n) is 3.61. The van der Waals surface area contributed by atoms with Crippen LogP contribution >= 0.6 is 0 Å². The van der Waals surface area contributed by atoms with Crippen LogP contribution in [-0.4, -0.2) is 51.9 Å². The molecule has 8 nitrogen and oxygen atoms in total. The van der Waals surface area contributed by atoms with Crippen molar-refractivity contribution in [1.82, 2.24) is 9.97 Å². The molecule has 5 N–H and O–H groups in total. The number of hydrogen-bond acceptors (Lipinski definition) is 7. The van der Waals surface area contributed by atoms with Crippen LogP contribution in [0.2, 0.25) is 0 Å². The Morgan fingerprint density at radius 2 is 2.08 bits per heavy atom. The third-order valence-corrected chi connectivity index (χ3v) is 5.30. The summed E-state index contributed by atoms with van der Waals surface area (Å²) in [5.74, 6) is 0.339. The highest BCUT2D eigenvalue weighted by Crippen LogP contribution is 2.26. The summed E-state index contributed by atoms with van der Waals surface area (Å²) < 4.78 is 5.42. The van der Waals surface area contributed by atoms with E-state index >= 15 is 0 Å². The molecule has 2 atom stereocenters. The number of rotatable bonds is 5. The van der Waals surface area contributed by atoms with E-state index in [9.17, 15) is 9.90 Å². The first-order valence-electron chi connectivity index (χ1n) is 9.42. The van der Waals surface area contributed by atoms with Crippen molar-refractivity contribution in [2.75, 3.05) is 23.8 Å². The van der Waals surface area contributed by atoms with Crippen LogP contribution in [0.5, 0.6) is 0 Å². The molecular formula is C18H29N5O3. The summed E-state index contributed by atoms with van der Waals surface area (Å²) in [5.41, 5.74) is 5.63. The molecule has 1 aliphatic carbocycles.